The highest BCUT2D eigenvalue weighted by atomic mass is 35.5. The van der Waals surface area contributed by atoms with Crippen LogP contribution in [-0.4, -0.2) is 56.2 Å². The largest absolute Gasteiger partial charge is 0.378 e. The van der Waals surface area contributed by atoms with Gasteiger partial charge < -0.3 is 15.4 Å². The molecule has 0 radical (unpaired) electrons. The Kier molecular flexibility index (Phi) is 12.8. The van der Waals surface area contributed by atoms with Crippen LogP contribution < -0.4 is 10.6 Å². The fourth-order valence-electron chi connectivity index (χ4n) is 3.83. The van der Waals surface area contributed by atoms with E-state index in [1.807, 2.05) is 0 Å². The van der Waals surface area contributed by atoms with Crippen molar-refractivity contribution >= 4 is 30.7 Å². The Morgan fingerprint density at radius 2 is 1.89 bits per heavy atom. The van der Waals surface area contributed by atoms with E-state index in [0.717, 1.165) is 78.0 Å². The quantitative estimate of drug-likeness (QED) is 0.621. The van der Waals surface area contributed by atoms with Crippen molar-refractivity contribution in [3.8, 4) is 0 Å². The van der Waals surface area contributed by atoms with Crippen LogP contribution in [0.3, 0.4) is 0 Å². The molecule has 1 unspecified atom stereocenters. The van der Waals surface area contributed by atoms with E-state index in [1.165, 1.54) is 5.56 Å². The maximum absolute atomic E-state index is 12.1. The zero-order chi connectivity index (χ0) is 18.0. The van der Waals surface area contributed by atoms with Crippen molar-refractivity contribution < 1.29 is 9.53 Å². The number of ether oxygens (including phenoxy) is 1. The molecule has 2 saturated heterocycles. The lowest BCUT2D eigenvalue weighted by Crippen LogP contribution is -2.41. The first-order valence-corrected chi connectivity index (χ1v) is 10.2. The molecule has 160 valence electrons. The lowest BCUT2D eigenvalue weighted by Gasteiger charge is -2.32. The molecule has 2 aliphatic rings. The van der Waals surface area contributed by atoms with Gasteiger partial charge in [-0.15, -0.1) is 24.8 Å². The number of benzene rings is 1. The first-order chi connectivity index (χ1) is 12.8. The van der Waals surface area contributed by atoms with E-state index in [-0.39, 0.29) is 36.6 Å². The molecule has 1 aromatic rings. The van der Waals surface area contributed by atoms with Crippen molar-refractivity contribution in [2.45, 2.75) is 44.8 Å². The summed E-state index contributed by atoms with van der Waals surface area (Å²) in [7, 11) is 0. The predicted molar refractivity (Wildman–Crippen MR) is 118 cm³/mol. The van der Waals surface area contributed by atoms with Crippen LogP contribution in [0.25, 0.3) is 0 Å². The molecule has 1 amide bonds. The third kappa shape index (κ3) is 8.66. The summed E-state index contributed by atoms with van der Waals surface area (Å²) in [6.45, 7) is 6.58. The molecule has 5 nitrogen and oxygen atoms in total. The van der Waals surface area contributed by atoms with Crippen LogP contribution in [0, 0.1) is 5.92 Å². The second-order valence-corrected chi connectivity index (χ2v) is 7.52. The number of halogens is 2. The number of piperidine rings is 2. The highest BCUT2D eigenvalue weighted by molar-refractivity contribution is 5.85. The Bertz CT molecular complexity index is 534. The fraction of sp³-hybridized carbons (Fsp3) is 0.667. The summed E-state index contributed by atoms with van der Waals surface area (Å²) in [6, 6.07) is 10.7. The van der Waals surface area contributed by atoms with Gasteiger partial charge in [-0.3, -0.25) is 9.69 Å². The van der Waals surface area contributed by atoms with Gasteiger partial charge in [0.15, 0.2) is 0 Å². The normalized spacial score (nSPS) is 20.6. The van der Waals surface area contributed by atoms with Crippen molar-refractivity contribution in [3.05, 3.63) is 35.9 Å². The van der Waals surface area contributed by atoms with E-state index in [9.17, 15) is 4.79 Å². The molecule has 0 bridgehead atoms. The molecule has 0 saturated carbocycles. The fourth-order valence-corrected chi connectivity index (χ4v) is 3.83. The lowest BCUT2D eigenvalue weighted by atomic mass is 9.99. The average molecular weight is 432 g/mol. The number of hydrogen-bond donors (Lipinski definition) is 2. The Hall–Kier alpha value is -0.850. The number of likely N-dealkylation sites (tertiary alicyclic amines) is 1. The molecule has 1 aromatic carbocycles. The number of rotatable bonds is 8. The van der Waals surface area contributed by atoms with Gasteiger partial charge in [0, 0.05) is 39.3 Å². The second kappa shape index (κ2) is 14.2. The Morgan fingerprint density at radius 1 is 1.14 bits per heavy atom. The van der Waals surface area contributed by atoms with Crippen LogP contribution in [0.15, 0.2) is 30.3 Å². The number of nitrogens with one attached hydrogen (secondary N) is 2. The zero-order valence-corrected chi connectivity index (χ0v) is 18.2. The minimum Gasteiger partial charge on any atom is -0.378 e. The van der Waals surface area contributed by atoms with Crippen molar-refractivity contribution in [2.75, 3.05) is 39.3 Å². The molecule has 2 heterocycles. The molecule has 7 heteroatoms. The third-order valence-electron chi connectivity index (χ3n) is 5.43. The van der Waals surface area contributed by atoms with Crippen LogP contribution in [0.2, 0.25) is 0 Å². The number of amides is 1. The van der Waals surface area contributed by atoms with Gasteiger partial charge in [-0.1, -0.05) is 30.3 Å². The topological polar surface area (TPSA) is 53.6 Å². The van der Waals surface area contributed by atoms with Gasteiger partial charge in [0.2, 0.25) is 5.91 Å². The summed E-state index contributed by atoms with van der Waals surface area (Å²) in [5.41, 5.74) is 1.38. The Morgan fingerprint density at radius 3 is 2.57 bits per heavy atom. The zero-order valence-electron chi connectivity index (χ0n) is 16.6. The first kappa shape index (κ1) is 25.2. The maximum atomic E-state index is 12.1. The number of carbonyl (C=O) groups is 1. The van der Waals surface area contributed by atoms with Crippen LogP contribution >= 0.6 is 24.8 Å². The molecular weight excluding hydrogens is 397 g/mol. The number of nitrogens with zero attached hydrogens (tertiary/aromatic N) is 1. The van der Waals surface area contributed by atoms with Gasteiger partial charge in [-0.05, 0) is 44.2 Å². The summed E-state index contributed by atoms with van der Waals surface area (Å²) in [5.74, 6) is 0.352. The highest BCUT2D eigenvalue weighted by Gasteiger charge is 2.21. The van der Waals surface area contributed by atoms with Crippen LogP contribution in [0.5, 0.6) is 0 Å². The standard InChI is InChI=1S/C21H33N3O2.2ClH/c25-21(19-8-4-11-22-16-19)23-12-5-15-26-20-9-13-24(14-10-20)17-18-6-2-1-3-7-18;;/h1-3,6-7,19-20,22H,4-5,8-17H2,(H,23,25);2*1H. The van der Waals surface area contributed by atoms with E-state index in [0.29, 0.717) is 6.10 Å². The molecule has 0 aliphatic carbocycles. The molecule has 28 heavy (non-hydrogen) atoms. The molecule has 1 atom stereocenters. The van der Waals surface area contributed by atoms with Gasteiger partial charge in [-0.25, -0.2) is 0 Å². The van der Waals surface area contributed by atoms with Crippen molar-refractivity contribution in [2.24, 2.45) is 5.92 Å². The van der Waals surface area contributed by atoms with Gasteiger partial charge in [0.25, 0.3) is 0 Å². The Labute approximate surface area is 181 Å². The summed E-state index contributed by atoms with van der Waals surface area (Å²) in [4.78, 5) is 14.6. The summed E-state index contributed by atoms with van der Waals surface area (Å²) in [6.07, 6.45) is 5.59. The number of carbonyl (C=O) groups excluding carboxylic acids is 1. The van der Waals surface area contributed by atoms with E-state index < -0.39 is 0 Å². The summed E-state index contributed by atoms with van der Waals surface area (Å²) < 4.78 is 6.02. The smallest absolute Gasteiger partial charge is 0.224 e. The van der Waals surface area contributed by atoms with E-state index in [2.05, 4.69) is 45.9 Å². The van der Waals surface area contributed by atoms with Crippen LogP contribution in [-0.2, 0) is 16.1 Å². The van der Waals surface area contributed by atoms with Crippen molar-refractivity contribution in [1.29, 1.82) is 0 Å². The first-order valence-electron chi connectivity index (χ1n) is 10.2. The minimum atomic E-state index is 0. The lowest BCUT2D eigenvalue weighted by molar-refractivity contribution is -0.125. The average Bonchev–Trinajstić information content (AvgIpc) is 2.70. The highest BCUT2D eigenvalue weighted by Crippen LogP contribution is 2.16. The molecule has 0 spiro atoms. The van der Waals surface area contributed by atoms with E-state index in [4.69, 9.17) is 4.74 Å². The van der Waals surface area contributed by atoms with Crippen molar-refractivity contribution in [1.82, 2.24) is 15.5 Å². The maximum Gasteiger partial charge on any atom is 0.224 e. The summed E-state index contributed by atoms with van der Waals surface area (Å²) in [5, 5.41) is 6.35. The monoisotopic (exact) mass is 431 g/mol. The van der Waals surface area contributed by atoms with E-state index in [1.54, 1.807) is 0 Å². The van der Waals surface area contributed by atoms with Crippen molar-refractivity contribution in [3.63, 3.8) is 0 Å². The molecular formula is C21H35Cl2N3O2. The van der Waals surface area contributed by atoms with Gasteiger partial charge >= 0.3 is 0 Å². The number of hydrogen-bond acceptors (Lipinski definition) is 4. The predicted octanol–water partition coefficient (Wildman–Crippen LogP) is 3.02. The SMILES string of the molecule is Cl.Cl.O=C(NCCCOC1CCN(Cc2ccccc2)CC1)C1CCCNC1. The second-order valence-electron chi connectivity index (χ2n) is 7.52. The van der Waals surface area contributed by atoms with Crippen LogP contribution in [0.1, 0.15) is 37.7 Å². The van der Waals surface area contributed by atoms with Gasteiger partial charge in [0.05, 0.1) is 12.0 Å². The Balaban J connectivity index is 0.00000196. The van der Waals surface area contributed by atoms with E-state index >= 15 is 0 Å². The minimum absolute atomic E-state index is 0. The molecule has 2 aliphatic heterocycles. The molecule has 2 fully saturated rings. The summed E-state index contributed by atoms with van der Waals surface area (Å²) >= 11 is 0. The van der Waals surface area contributed by atoms with Gasteiger partial charge in [-0.2, -0.15) is 0 Å². The van der Waals surface area contributed by atoms with Gasteiger partial charge in [0.1, 0.15) is 0 Å². The third-order valence-corrected chi connectivity index (χ3v) is 5.43. The molecule has 0 aromatic heterocycles. The molecule has 2 N–H and O–H groups in total. The van der Waals surface area contributed by atoms with Crippen LogP contribution in [0.4, 0.5) is 0 Å². The molecule has 3 rings (SSSR count).